The van der Waals surface area contributed by atoms with Crippen LogP contribution in [0.25, 0.3) is 0 Å². The van der Waals surface area contributed by atoms with E-state index >= 15 is 0 Å². The quantitative estimate of drug-likeness (QED) is 0.528. The van der Waals surface area contributed by atoms with Gasteiger partial charge in [-0.2, -0.15) is 0 Å². The molecule has 1 amide bonds. The Kier molecular flexibility index (Phi) is 7.08. The van der Waals surface area contributed by atoms with Crippen LogP contribution in [0.15, 0.2) is 48.5 Å². The van der Waals surface area contributed by atoms with Gasteiger partial charge >= 0.3 is 6.36 Å². The van der Waals surface area contributed by atoms with Crippen LogP contribution in [0.5, 0.6) is 5.75 Å². The first kappa shape index (κ1) is 22.5. The molecule has 0 saturated carbocycles. The molecular weight excluding hydrogens is 417 g/mol. The van der Waals surface area contributed by atoms with E-state index in [0.29, 0.717) is 38.4 Å². The molecular formula is C20H21F3N4O4. The topological polar surface area (TPSA) is 88.0 Å². The van der Waals surface area contributed by atoms with Gasteiger partial charge in [0.1, 0.15) is 5.75 Å². The molecule has 1 aliphatic rings. The molecule has 2 aromatic carbocycles. The first-order chi connectivity index (χ1) is 14.7. The summed E-state index contributed by atoms with van der Waals surface area (Å²) in [6, 6.07) is 11.4. The predicted molar refractivity (Wildman–Crippen MR) is 107 cm³/mol. The fourth-order valence-electron chi connectivity index (χ4n) is 3.23. The number of nitrogens with one attached hydrogen (secondary N) is 1. The molecule has 0 bridgehead atoms. The first-order valence-corrected chi connectivity index (χ1v) is 9.52. The van der Waals surface area contributed by atoms with Crippen LogP contribution >= 0.6 is 0 Å². The van der Waals surface area contributed by atoms with Crippen LogP contribution in [0.3, 0.4) is 0 Å². The molecule has 31 heavy (non-hydrogen) atoms. The SMILES string of the molecule is O=C(CN1CCN(Cc2ccc(OC(F)(F)F)cc2)CC1)Nc1ccc([N+](=O)[O-])cc1. The Morgan fingerprint density at radius 2 is 1.58 bits per heavy atom. The standard InChI is InChI=1S/C20H21F3N4O4/c21-20(22,23)31-18-7-1-15(2-8-18)13-25-9-11-26(12-10-25)14-19(28)24-16-3-5-17(6-4-16)27(29)30/h1-8H,9-14H2,(H,24,28). The van der Waals surface area contributed by atoms with Crippen molar-refractivity contribution in [3.63, 3.8) is 0 Å². The largest absolute Gasteiger partial charge is 0.573 e. The maximum atomic E-state index is 12.2. The van der Waals surface area contributed by atoms with Crippen molar-refractivity contribution < 1.29 is 27.6 Å². The molecule has 0 aromatic heterocycles. The Hall–Kier alpha value is -3.18. The molecule has 0 aliphatic carbocycles. The maximum Gasteiger partial charge on any atom is 0.573 e. The number of amides is 1. The highest BCUT2D eigenvalue weighted by molar-refractivity contribution is 5.92. The number of carbonyl (C=O) groups excluding carboxylic acids is 1. The maximum absolute atomic E-state index is 12.2. The number of nitro groups is 1. The van der Waals surface area contributed by atoms with Crippen LogP contribution in [0.2, 0.25) is 0 Å². The Bertz CT molecular complexity index is 896. The minimum atomic E-state index is -4.71. The van der Waals surface area contributed by atoms with Gasteiger partial charge in [0.25, 0.3) is 5.69 Å². The van der Waals surface area contributed by atoms with Gasteiger partial charge in [-0.05, 0) is 29.8 Å². The molecule has 1 N–H and O–H groups in total. The van der Waals surface area contributed by atoms with Crippen molar-refractivity contribution in [3.05, 3.63) is 64.2 Å². The van der Waals surface area contributed by atoms with Gasteiger partial charge in [-0.25, -0.2) is 0 Å². The van der Waals surface area contributed by atoms with Crippen molar-refractivity contribution in [2.24, 2.45) is 0 Å². The van der Waals surface area contributed by atoms with Gasteiger partial charge in [0.05, 0.1) is 11.5 Å². The second-order valence-corrected chi connectivity index (χ2v) is 7.10. The van der Waals surface area contributed by atoms with E-state index in [4.69, 9.17) is 0 Å². The number of carbonyl (C=O) groups is 1. The summed E-state index contributed by atoms with van der Waals surface area (Å²) < 4.78 is 40.5. The summed E-state index contributed by atoms with van der Waals surface area (Å²) in [7, 11) is 0. The second kappa shape index (κ2) is 9.75. The number of rotatable bonds is 7. The van der Waals surface area contributed by atoms with E-state index in [9.17, 15) is 28.1 Å². The Labute approximate surface area is 176 Å². The van der Waals surface area contributed by atoms with Gasteiger partial charge < -0.3 is 10.1 Å². The van der Waals surface area contributed by atoms with Crippen molar-refractivity contribution >= 4 is 17.3 Å². The van der Waals surface area contributed by atoms with Crippen molar-refractivity contribution in [2.45, 2.75) is 12.9 Å². The lowest BCUT2D eigenvalue weighted by Gasteiger charge is -2.34. The van der Waals surface area contributed by atoms with Crippen molar-refractivity contribution in [1.29, 1.82) is 0 Å². The summed E-state index contributed by atoms with van der Waals surface area (Å²) in [5, 5.41) is 13.4. The molecule has 3 rings (SSSR count). The van der Waals surface area contributed by atoms with E-state index in [2.05, 4.69) is 15.0 Å². The number of halogens is 3. The molecule has 166 valence electrons. The number of hydrogen-bond acceptors (Lipinski definition) is 6. The van der Waals surface area contributed by atoms with Gasteiger partial charge in [-0.3, -0.25) is 24.7 Å². The zero-order valence-corrected chi connectivity index (χ0v) is 16.5. The minimum Gasteiger partial charge on any atom is -0.406 e. The summed E-state index contributed by atoms with van der Waals surface area (Å²) >= 11 is 0. The Balaban J connectivity index is 1.41. The molecule has 1 aliphatic heterocycles. The lowest BCUT2D eigenvalue weighted by molar-refractivity contribution is -0.384. The van der Waals surface area contributed by atoms with Gasteiger partial charge in [-0.1, -0.05) is 12.1 Å². The molecule has 2 aromatic rings. The van der Waals surface area contributed by atoms with E-state index in [-0.39, 0.29) is 23.9 Å². The zero-order valence-electron chi connectivity index (χ0n) is 16.5. The monoisotopic (exact) mass is 438 g/mol. The lowest BCUT2D eigenvalue weighted by Crippen LogP contribution is -2.48. The van der Waals surface area contributed by atoms with Crippen LogP contribution in [-0.2, 0) is 11.3 Å². The molecule has 0 radical (unpaired) electrons. The fourth-order valence-corrected chi connectivity index (χ4v) is 3.23. The average molecular weight is 438 g/mol. The third kappa shape index (κ3) is 7.23. The van der Waals surface area contributed by atoms with Crippen LogP contribution < -0.4 is 10.1 Å². The molecule has 0 unspecified atom stereocenters. The van der Waals surface area contributed by atoms with Gasteiger partial charge in [0.2, 0.25) is 5.91 Å². The van der Waals surface area contributed by atoms with E-state index in [0.717, 1.165) is 5.56 Å². The van der Waals surface area contributed by atoms with E-state index < -0.39 is 11.3 Å². The molecule has 0 spiro atoms. The summed E-state index contributed by atoms with van der Waals surface area (Å²) in [5.74, 6) is -0.456. The van der Waals surface area contributed by atoms with E-state index in [1.54, 1.807) is 12.1 Å². The number of alkyl halides is 3. The Morgan fingerprint density at radius 1 is 1.00 bits per heavy atom. The highest BCUT2D eigenvalue weighted by Gasteiger charge is 2.31. The normalized spacial score (nSPS) is 15.5. The van der Waals surface area contributed by atoms with E-state index in [1.807, 2.05) is 4.90 Å². The van der Waals surface area contributed by atoms with Crippen LogP contribution in [0.4, 0.5) is 24.5 Å². The number of benzene rings is 2. The van der Waals surface area contributed by atoms with Gasteiger partial charge in [0.15, 0.2) is 0 Å². The smallest absolute Gasteiger partial charge is 0.406 e. The molecule has 1 heterocycles. The average Bonchev–Trinajstić information content (AvgIpc) is 2.70. The summed E-state index contributed by atoms with van der Waals surface area (Å²) in [6.45, 7) is 3.56. The third-order valence-corrected chi connectivity index (χ3v) is 4.76. The Morgan fingerprint density at radius 3 is 2.13 bits per heavy atom. The van der Waals surface area contributed by atoms with Gasteiger partial charge in [0, 0.05) is 50.5 Å². The second-order valence-electron chi connectivity index (χ2n) is 7.10. The number of hydrogen-bond donors (Lipinski definition) is 1. The van der Waals surface area contributed by atoms with Crippen molar-refractivity contribution in [2.75, 3.05) is 38.0 Å². The number of non-ortho nitro benzene ring substituents is 1. The summed E-state index contributed by atoms with van der Waals surface area (Å²) in [5.41, 5.74) is 1.32. The third-order valence-electron chi connectivity index (χ3n) is 4.76. The van der Waals surface area contributed by atoms with E-state index in [1.165, 1.54) is 36.4 Å². The highest BCUT2D eigenvalue weighted by atomic mass is 19.4. The number of nitro benzene ring substituents is 1. The highest BCUT2D eigenvalue weighted by Crippen LogP contribution is 2.23. The van der Waals surface area contributed by atoms with Crippen LogP contribution in [0.1, 0.15) is 5.56 Å². The number of ether oxygens (including phenoxy) is 1. The zero-order chi connectivity index (χ0) is 22.4. The van der Waals surface area contributed by atoms with Crippen molar-refractivity contribution in [1.82, 2.24) is 9.80 Å². The summed E-state index contributed by atoms with van der Waals surface area (Å²) in [6.07, 6.45) is -4.71. The molecule has 0 atom stereocenters. The number of piperazine rings is 1. The fraction of sp³-hybridized carbons (Fsp3) is 0.350. The van der Waals surface area contributed by atoms with Gasteiger partial charge in [-0.15, -0.1) is 13.2 Å². The number of anilines is 1. The predicted octanol–water partition coefficient (Wildman–Crippen LogP) is 3.25. The first-order valence-electron chi connectivity index (χ1n) is 9.52. The molecule has 1 fully saturated rings. The summed E-state index contributed by atoms with van der Waals surface area (Å²) in [4.78, 5) is 26.5. The van der Waals surface area contributed by atoms with Crippen LogP contribution in [0, 0.1) is 10.1 Å². The molecule has 1 saturated heterocycles. The lowest BCUT2D eigenvalue weighted by atomic mass is 10.2. The number of nitrogens with zero attached hydrogens (tertiary/aromatic N) is 3. The molecule has 8 nitrogen and oxygen atoms in total. The van der Waals surface area contributed by atoms with Crippen LogP contribution in [-0.4, -0.2) is 59.7 Å². The molecule has 11 heteroatoms. The minimum absolute atomic E-state index is 0.0448. The van der Waals surface area contributed by atoms with Crippen molar-refractivity contribution in [3.8, 4) is 5.75 Å².